The normalized spacial score (nSPS) is 11.3. The maximum atomic E-state index is 11.4. The molecule has 0 saturated heterocycles. The highest BCUT2D eigenvalue weighted by Crippen LogP contribution is 2.14. The van der Waals surface area contributed by atoms with Crippen molar-refractivity contribution in [1.29, 1.82) is 0 Å². The number of allylic oxidation sites excluding steroid dienone is 1. The number of ether oxygens (including phenoxy) is 1. The number of hydrogen-bond acceptors (Lipinski definition) is 2. The van der Waals surface area contributed by atoms with Gasteiger partial charge < -0.3 is 4.74 Å². The van der Waals surface area contributed by atoms with Crippen LogP contribution in [0.4, 0.5) is 0 Å². The van der Waals surface area contributed by atoms with Gasteiger partial charge in [-0.05, 0) is 24.7 Å². The fourth-order valence-electron chi connectivity index (χ4n) is 1.63. The summed E-state index contributed by atoms with van der Waals surface area (Å²) in [5.74, 6) is -0.0448. The standard InChI is InChI=1S/C16H30O2/c1-5-6-7-8-9-10-11-12-13-15(17)18-14-16(2,3)4/h5H,1,6-14H2,2-4H3. The van der Waals surface area contributed by atoms with Gasteiger partial charge in [0.25, 0.3) is 0 Å². The lowest BCUT2D eigenvalue weighted by Crippen LogP contribution is -2.18. The summed E-state index contributed by atoms with van der Waals surface area (Å²) in [6.45, 7) is 10.5. The molecule has 0 saturated carbocycles. The number of hydrogen-bond donors (Lipinski definition) is 0. The molecule has 0 atom stereocenters. The number of carbonyl (C=O) groups excluding carboxylic acids is 1. The molecular formula is C16H30O2. The van der Waals surface area contributed by atoms with Crippen molar-refractivity contribution in [2.75, 3.05) is 6.61 Å². The van der Waals surface area contributed by atoms with Gasteiger partial charge in [0.15, 0.2) is 0 Å². The van der Waals surface area contributed by atoms with Crippen LogP contribution in [-0.4, -0.2) is 12.6 Å². The first kappa shape index (κ1) is 17.2. The predicted octanol–water partition coefficient (Wildman–Crippen LogP) is 4.88. The molecule has 2 nitrogen and oxygen atoms in total. The Morgan fingerprint density at radius 1 is 1.06 bits per heavy atom. The summed E-state index contributed by atoms with van der Waals surface area (Å²) in [5.41, 5.74) is 0.0703. The summed E-state index contributed by atoms with van der Waals surface area (Å²) in [6.07, 6.45) is 10.8. The van der Waals surface area contributed by atoms with Crippen LogP contribution in [0.5, 0.6) is 0 Å². The molecule has 0 rings (SSSR count). The van der Waals surface area contributed by atoms with E-state index in [1.807, 2.05) is 6.08 Å². The van der Waals surface area contributed by atoms with Gasteiger partial charge in [0.2, 0.25) is 0 Å². The third-order valence-corrected chi connectivity index (χ3v) is 2.71. The molecule has 0 bridgehead atoms. The van der Waals surface area contributed by atoms with E-state index >= 15 is 0 Å². The molecule has 0 N–H and O–H groups in total. The third kappa shape index (κ3) is 13.3. The number of esters is 1. The van der Waals surface area contributed by atoms with Gasteiger partial charge in [-0.1, -0.05) is 52.5 Å². The molecule has 0 radical (unpaired) electrons. The highest BCUT2D eigenvalue weighted by Gasteiger charge is 2.13. The highest BCUT2D eigenvalue weighted by atomic mass is 16.5. The first-order valence-electron chi connectivity index (χ1n) is 7.22. The maximum absolute atomic E-state index is 11.4. The van der Waals surface area contributed by atoms with Crippen molar-refractivity contribution in [3.8, 4) is 0 Å². The zero-order chi connectivity index (χ0) is 13.9. The molecule has 0 aliphatic heterocycles. The minimum Gasteiger partial charge on any atom is -0.465 e. The highest BCUT2D eigenvalue weighted by molar-refractivity contribution is 5.69. The maximum Gasteiger partial charge on any atom is 0.305 e. The van der Waals surface area contributed by atoms with Gasteiger partial charge >= 0.3 is 5.97 Å². The van der Waals surface area contributed by atoms with Crippen molar-refractivity contribution in [1.82, 2.24) is 0 Å². The second-order valence-corrected chi connectivity index (χ2v) is 6.17. The third-order valence-electron chi connectivity index (χ3n) is 2.71. The van der Waals surface area contributed by atoms with Crippen LogP contribution in [0.15, 0.2) is 12.7 Å². The summed E-state index contributed by atoms with van der Waals surface area (Å²) in [6, 6.07) is 0. The molecule has 0 aromatic heterocycles. The Morgan fingerprint density at radius 2 is 1.61 bits per heavy atom. The summed E-state index contributed by atoms with van der Waals surface area (Å²) in [4.78, 5) is 11.4. The molecule has 0 heterocycles. The van der Waals surface area contributed by atoms with Crippen LogP contribution in [0.2, 0.25) is 0 Å². The van der Waals surface area contributed by atoms with E-state index in [1.54, 1.807) is 0 Å². The Balaban J connectivity index is 3.28. The van der Waals surface area contributed by atoms with E-state index in [2.05, 4.69) is 27.4 Å². The molecule has 0 aromatic carbocycles. The molecule has 0 aromatic rings. The van der Waals surface area contributed by atoms with E-state index in [4.69, 9.17) is 4.74 Å². The monoisotopic (exact) mass is 254 g/mol. The van der Waals surface area contributed by atoms with E-state index in [0.717, 1.165) is 19.3 Å². The predicted molar refractivity (Wildman–Crippen MR) is 77.5 cm³/mol. The Kier molecular flexibility index (Phi) is 9.72. The van der Waals surface area contributed by atoms with Crippen molar-refractivity contribution in [2.45, 2.75) is 72.1 Å². The summed E-state index contributed by atoms with van der Waals surface area (Å²) >= 11 is 0. The van der Waals surface area contributed by atoms with Crippen molar-refractivity contribution < 1.29 is 9.53 Å². The average molecular weight is 254 g/mol. The molecule has 0 amide bonds. The van der Waals surface area contributed by atoms with Crippen LogP contribution >= 0.6 is 0 Å². The quantitative estimate of drug-likeness (QED) is 0.315. The molecule has 2 heteroatoms. The summed E-state index contributed by atoms with van der Waals surface area (Å²) in [5, 5.41) is 0. The van der Waals surface area contributed by atoms with Crippen molar-refractivity contribution >= 4 is 5.97 Å². The number of carbonyl (C=O) groups is 1. The van der Waals surface area contributed by atoms with Crippen LogP contribution in [0.1, 0.15) is 72.1 Å². The van der Waals surface area contributed by atoms with Crippen molar-refractivity contribution in [2.24, 2.45) is 5.41 Å². The molecule has 18 heavy (non-hydrogen) atoms. The van der Waals surface area contributed by atoms with E-state index in [-0.39, 0.29) is 11.4 Å². The first-order valence-corrected chi connectivity index (χ1v) is 7.22. The SMILES string of the molecule is C=CCCCCCCCCC(=O)OCC(C)(C)C. The molecule has 0 spiro atoms. The van der Waals surface area contributed by atoms with Crippen LogP contribution in [0.25, 0.3) is 0 Å². The Morgan fingerprint density at radius 3 is 2.17 bits per heavy atom. The fraction of sp³-hybridized carbons (Fsp3) is 0.812. The van der Waals surface area contributed by atoms with E-state index in [1.165, 1.54) is 25.7 Å². The molecular weight excluding hydrogens is 224 g/mol. The molecule has 0 aliphatic rings. The van der Waals surface area contributed by atoms with Crippen LogP contribution in [0, 0.1) is 5.41 Å². The largest absolute Gasteiger partial charge is 0.465 e. The second kappa shape index (κ2) is 10.2. The van der Waals surface area contributed by atoms with Gasteiger partial charge in [-0.3, -0.25) is 4.79 Å². The molecule has 0 unspecified atom stereocenters. The van der Waals surface area contributed by atoms with Gasteiger partial charge in [0.05, 0.1) is 6.61 Å². The van der Waals surface area contributed by atoms with Gasteiger partial charge in [0, 0.05) is 6.42 Å². The number of rotatable bonds is 10. The van der Waals surface area contributed by atoms with Crippen LogP contribution in [0.3, 0.4) is 0 Å². The lowest BCUT2D eigenvalue weighted by atomic mass is 9.99. The van der Waals surface area contributed by atoms with E-state index in [0.29, 0.717) is 13.0 Å². The Bertz CT molecular complexity index is 226. The zero-order valence-corrected chi connectivity index (χ0v) is 12.5. The van der Waals surface area contributed by atoms with E-state index < -0.39 is 0 Å². The van der Waals surface area contributed by atoms with Crippen LogP contribution in [-0.2, 0) is 9.53 Å². The zero-order valence-electron chi connectivity index (χ0n) is 12.5. The minimum atomic E-state index is -0.0448. The Labute approximate surface area is 113 Å². The lowest BCUT2D eigenvalue weighted by Gasteiger charge is -2.17. The number of unbranched alkanes of at least 4 members (excludes halogenated alkanes) is 6. The van der Waals surface area contributed by atoms with Crippen molar-refractivity contribution in [3.05, 3.63) is 12.7 Å². The van der Waals surface area contributed by atoms with Gasteiger partial charge in [-0.15, -0.1) is 6.58 Å². The smallest absolute Gasteiger partial charge is 0.305 e. The van der Waals surface area contributed by atoms with Crippen LogP contribution < -0.4 is 0 Å². The fourth-order valence-corrected chi connectivity index (χ4v) is 1.63. The first-order chi connectivity index (χ1) is 8.45. The van der Waals surface area contributed by atoms with Gasteiger partial charge in [-0.2, -0.15) is 0 Å². The molecule has 106 valence electrons. The summed E-state index contributed by atoms with van der Waals surface area (Å²) in [7, 11) is 0. The average Bonchev–Trinajstić information content (AvgIpc) is 2.29. The van der Waals surface area contributed by atoms with E-state index in [9.17, 15) is 4.79 Å². The van der Waals surface area contributed by atoms with Crippen molar-refractivity contribution in [3.63, 3.8) is 0 Å². The molecule has 0 aliphatic carbocycles. The Hall–Kier alpha value is -0.790. The lowest BCUT2D eigenvalue weighted by molar-refractivity contribution is -0.146. The minimum absolute atomic E-state index is 0.0448. The summed E-state index contributed by atoms with van der Waals surface area (Å²) < 4.78 is 5.22. The second-order valence-electron chi connectivity index (χ2n) is 6.17. The topological polar surface area (TPSA) is 26.3 Å². The van der Waals surface area contributed by atoms with Gasteiger partial charge in [0.1, 0.15) is 0 Å². The molecule has 0 fully saturated rings. The van der Waals surface area contributed by atoms with Gasteiger partial charge in [-0.25, -0.2) is 0 Å².